The molecule has 0 saturated carbocycles. The topological polar surface area (TPSA) is 12.5 Å². The lowest BCUT2D eigenvalue weighted by atomic mass is 9.97. The zero-order valence-corrected chi connectivity index (χ0v) is 27.3. The van der Waals surface area contributed by atoms with Crippen LogP contribution in [0.2, 0.25) is 0 Å². The van der Waals surface area contributed by atoms with Gasteiger partial charge in [-0.1, -0.05) is 109 Å². The zero-order chi connectivity index (χ0) is 29.9. The van der Waals surface area contributed by atoms with E-state index in [1.807, 2.05) is 19.1 Å². The van der Waals surface area contributed by atoms with E-state index in [2.05, 4.69) is 78.1 Å². The maximum absolute atomic E-state index is 13.6. The van der Waals surface area contributed by atoms with Crippen LogP contribution in [0, 0.1) is 25.6 Å². The first-order chi connectivity index (χ1) is 19.2. The van der Waals surface area contributed by atoms with Crippen molar-refractivity contribution < 1.29 is 9.13 Å². The quantitative estimate of drug-likeness (QED) is 0.301. The van der Waals surface area contributed by atoms with Crippen LogP contribution in [0.15, 0.2) is 43.0 Å². The number of allylic oxidation sites excluding steroid dienone is 1. The standard InChI is InChI=1S/C13H18.C12H16FN.C6H12O.C6H14/c1-5-6-12-9-11(4)7-8-13(12)10(2)3;1-9-3-4-12(11(13)7-9)14-6-5-10(2)8-14;1-2-6-4-3-5-7-6;1-3-5-6-4-2/h7-9H,2,5-6H2,1,3-4H3;3-4,7,10H,5-6,8H2,1-2H3;6H,2-5H2,1H3;3-6H2,1-2H3. The van der Waals surface area contributed by atoms with Gasteiger partial charge < -0.3 is 9.64 Å². The molecule has 226 valence electrons. The van der Waals surface area contributed by atoms with Crippen LogP contribution in [0.25, 0.3) is 5.57 Å². The molecule has 2 aliphatic rings. The molecule has 2 unspecified atom stereocenters. The lowest BCUT2D eigenvalue weighted by Crippen LogP contribution is -2.20. The summed E-state index contributed by atoms with van der Waals surface area (Å²) in [7, 11) is 0. The van der Waals surface area contributed by atoms with Gasteiger partial charge in [-0.25, -0.2) is 4.39 Å². The van der Waals surface area contributed by atoms with E-state index in [1.165, 1.54) is 80.1 Å². The first-order valence-electron chi connectivity index (χ1n) is 16.0. The summed E-state index contributed by atoms with van der Waals surface area (Å²) in [6.45, 7) is 24.2. The first kappa shape index (κ1) is 35.9. The van der Waals surface area contributed by atoms with Gasteiger partial charge in [0.1, 0.15) is 5.82 Å². The van der Waals surface area contributed by atoms with Gasteiger partial charge in [0.2, 0.25) is 0 Å². The van der Waals surface area contributed by atoms with Crippen LogP contribution in [0.4, 0.5) is 10.1 Å². The Hall–Kier alpha value is -2.13. The Morgan fingerprint density at radius 1 is 0.950 bits per heavy atom. The summed E-state index contributed by atoms with van der Waals surface area (Å²) in [5, 5.41) is 0. The Kier molecular flexibility index (Phi) is 18.6. The fourth-order valence-corrected chi connectivity index (χ4v) is 5.10. The van der Waals surface area contributed by atoms with Crippen LogP contribution < -0.4 is 4.90 Å². The van der Waals surface area contributed by atoms with Crippen LogP contribution in [-0.4, -0.2) is 25.8 Å². The summed E-state index contributed by atoms with van der Waals surface area (Å²) in [6, 6.07) is 12.1. The van der Waals surface area contributed by atoms with E-state index >= 15 is 0 Å². The molecule has 0 bridgehead atoms. The largest absolute Gasteiger partial charge is 0.378 e. The maximum Gasteiger partial charge on any atom is 0.146 e. The van der Waals surface area contributed by atoms with E-state index in [1.54, 1.807) is 6.07 Å². The number of rotatable bonds is 8. The number of aryl methyl sites for hydroxylation is 3. The minimum Gasteiger partial charge on any atom is -0.378 e. The van der Waals surface area contributed by atoms with Gasteiger partial charge in [0.05, 0.1) is 11.8 Å². The van der Waals surface area contributed by atoms with E-state index in [0.717, 1.165) is 37.4 Å². The minimum absolute atomic E-state index is 0.0842. The summed E-state index contributed by atoms with van der Waals surface area (Å²) in [4.78, 5) is 2.14. The van der Waals surface area contributed by atoms with Gasteiger partial charge in [0, 0.05) is 19.7 Å². The third-order valence-corrected chi connectivity index (χ3v) is 7.54. The number of benzene rings is 2. The third-order valence-electron chi connectivity index (χ3n) is 7.54. The average molecular weight is 554 g/mol. The second-order valence-electron chi connectivity index (χ2n) is 11.7. The van der Waals surface area contributed by atoms with Crippen molar-refractivity contribution in [2.24, 2.45) is 5.92 Å². The molecule has 3 heteroatoms. The average Bonchev–Trinajstić information content (AvgIpc) is 3.61. The third kappa shape index (κ3) is 14.0. The molecule has 2 atom stereocenters. The highest BCUT2D eigenvalue weighted by Gasteiger charge is 2.21. The Labute approximate surface area is 247 Å². The molecular formula is C37H60FNO. The van der Waals surface area contributed by atoms with Crippen LogP contribution in [0.1, 0.15) is 122 Å². The SMILES string of the molecule is C=C(C)c1ccc(C)cc1CCC.CCC1CCCO1.CCCCCC.Cc1ccc(N2CCC(C)C2)c(F)c1. The molecule has 0 N–H and O–H groups in total. The highest BCUT2D eigenvalue weighted by atomic mass is 19.1. The van der Waals surface area contributed by atoms with Crippen LogP contribution in [-0.2, 0) is 11.2 Å². The Bertz CT molecular complexity index is 959. The van der Waals surface area contributed by atoms with E-state index in [-0.39, 0.29) is 5.82 Å². The van der Waals surface area contributed by atoms with E-state index < -0.39 is 0 Å². The number of hydrogen-bond donors (Lipinski definition) is 0. The molecule has 40 heavy (non-hydrogen) atoms. The van der Waals surface area contributed by atoms with Gasteiger partial charge in [-0.3, -0.25) is 0 Å². The molecular weight excluding hydrogens is 493 g/mol. The summed E-state index contributed by atoms with van der Waals surface area (Å²) < 4.78 is 18.9. The predicted octanol–water partition coefficient (Wildman–Crippen LogP) is 11.1. The van der Waals surface area contributed by atoms with Gasteiger partial charge in [-0.05, 0) is 87.6 Å². The monoisotopic (exact) mass is 553 g/mol. The zero-order valence-electron chi connectivity index (χ0n) is 27.3. The number of hydrogen-bond acceptors (Lipinski definition) is 2. The van der Waals surface area contributed by atoms with Crippen molar-refractivity contribution in [2.75, 3.05) is 24.6 Å². The molecule has 2 heterocycles. The molecule has 0 aromatic heterocycles. The molecule has 4 rings (SSSR count). The highest BCUT2D eigenvalue weighted by molar-refractivity contribution is 5.65. The van der Waals surface area contributed by atoms with E-state index in [9.17, 15) is 4.39 Å². The lowest BCUT2D eigenvalue weighted by Gasteiger charge is -2.18. The summed E-state index contributed by atoms with van der Waals surface area (Å²) in [5.41, 5.74) is 7.03. The number of halogens is 1. The van der Waals surface area contributed by atoms with E-state index in [0.29, 0.717) is 12.0 Å². The second-order valence-corrected chi connectivity index (χ2v) is 11.7. The molecule has 0 radical (unpaired) electrons. The minimum atomic E-state index is -0.0842. The Balaban J connectivity index is 0.000000284. The van der Waals surface area contributed by atoms with Crippen molar-refractivity contribution in [3.8, 4) is 0 Å². The van der Waals surface area contributed by atoms with Crippen LogP contribution >= 0.6 is 0 Å². The van der Waals surface area contributed by atoms with Gasteiger partial charge in [-0.15, -0.1) is 0 Å². The van der Waals surface area contributed by atoms with Gasteiger partial charge in [0.25, 0.3) is 0 Å². The van der Waals surface area contributed by atoms with Gasteiger partial charge >= 0.3 is 0 Å². The fraction of sp³-hybridized carbons (Fsp3) is 0.622. The molecule has 2 aromatic carbocycles. The molecule has 2 fully saturated rings. The number of nitrogens with zero attached hydrogens (tertiary/aromatic N) is 1. The van der Waals surface area contributed by atoms with Crippen molar-refractivity contribution in [2.45, 2.75) is 126 Å². The predicted molar refractivity (Wildman–Crippen MR) is 176 cm³/mol. The van der Waals surface area contributed by atoms with Gasteiger partial charge in [0.15, 0.2) is 0 Å². The summed E-state index contributed by atoms with van der Waals surface area (Å²) in [6.07, 6.45) is 13.4. The molecule has 2 aromatic rings. The molecule has 0 spiro atoms. The lowest BCUT2D eigenvalue weighted by molar-refractivity contribution is 0.108. The molecule has 2 saturated heterocycles. The Morgan fingerprint density at radius 3 is 2.05 bits per heavy atom. The van der Waals surface area contributed by atoms with Crippen molar-refractivity contribution in [3.05, 3.63) is 71.0 Å². The molecule has 2 aliphatic heterocycles. The van der Waals surface area contributed by atoms with Crippen molar-refractivity contribution in [1.29, 1.82) is 0 Å². The van der Waals surface area contributed by atoms with Crippen molar-refractivity contribution in [1.82, 2.24) is 0 Å². The maximum atomic E-state index is 13.6. The van der Waals surface area contributed by atoms with Crippen LogP contribution in [0.3, 0.4) is 0 Å². The molecule has 0 aliphatic carbocycles. The fourth-order valence-electron chi connectivity index (χ4n) is 5.10. The van der Waals surface area contributed by atoms with Gasteiger partial charge in [-0.2, -0.15) is 0 Å². The molecule has 0 amide bonds. The summed E-state index contributed by atoms with van der Waals surface area (Å²) in [5.74, 6) is 0.606. The second kappa shape index (κ2) is 20.7. The number of ether oxygens (including phenoxy) is 1. The molecule has 2 nitrogen and oxygen atoms in total. The smallest absolute Gasteiger partial charge is 0.146 e. The van der Waals surface area contributed by atoms with Crippen molar-refractivity contribution >= 4 is 11.3 Å². The first-order valence-corrected chi connectivity index (χ1v) is 16.0. The number of anilines is 1. The normalized spacial score (nSPS) is 17.7. The summed E-state index contributed by atoms with van der Waals surface area (Å²) >= 11 is 0. The number of unbranched alkanes of at least 4 members (excludes halogenated alkanes) is 3. The van der Waals surface area contributed by atoms with Crippen LogP contribution in [0.5, 0.6) is 0 Å². The van der Waals surface area contributed by atoms with Crippen molar-refractivity contribution in [3.63, 3.8) is 0 Å². The van der Waals surface area contributed by atoms with E-state index in [4.69, 9.17) is 4.74 Å². The highest BCUT2D eigenvalue weighted by Crippen LogP contribution is 2.26. The Morgan fingerprint density at radius 2 is 1.60 bits per heavy atom.